The van der Waals surface area contributed by atoms with Gasteiger partial charge in [-0.25, -0.2) is 4.68 Å². The summed E-state index contributed by atoms with van der Waals surface area (Å²) >= 11 is 3.33. The smallest absolute Gasteiger partial charge is 0.325 e. The maximum atomic E-state index is 12.1. The maximum Gasteiger partial charge on any atom is 0.325 e. The minimum atomic E-state index is -0.999. The summed E-state index contributed by atoms with van der Waals surface area (Å²) in [7, 11) is 0. The van der Waals surface area contributed by atoms with Crippen molar-refractivity contribution in [3.63, 3.8) is 0 Å². The Morgan fingerprint density at radius 3 is 2.86 bits per heavy atom. The first-order valence-corrected chi connectivity index (χ1v) is 7.03. The highest BCUT2D eigenvalue weighted by Gasteiger charge is 2.13. The summed E-state index contributed by atoms with van der Waals surface area (Å²) in [6, 6.07) is 1.74. The quantitative estimate of drug-likeness (QED) is 0.800. The van der Waals surface area contributed by atoms with Gasteiger partial charge in [0.25, 0.3) is 5.91 Å². The van der Waals surface area contributed by atoms with Gasteiger partial charge in [-0.05, 0) is 28.9 Å². The normalized spacial score (nSPS) is 10.6. The SMILES string of the molecule is CCn1cc(Br)cc1C(=O)NCc1cn(CC(=O)O)nn1. The first-order valence-electron chi connectivity index (χ1n) is 6.24. The van der Waals surface area contributed by atoms with Gasteiger partial charge in [-0.1, -0.05) is 5.21 Å². The summed E-state index contributed by atoms with van der Waals surface area (Å²) in [6.45, 7) is 2.56. The Hall–Kier alpha value is -2.16. The topological polar surface area (TPSA) is 102 Å². The lowest BCUT2D eigenvalue weighted by Crippen LogP contribution is -2.25. The molecule has 0 aliphatic rings. The maximum absolute atomic E-state index is 12.1. The average molecular weight is 356 g/mol. The van der Waals surface area contributed by atoms with E-state index in [1.807, 2.05) is 17.7 Å². The number of nitrogens with one attached hydrogen (secondary N) is 1. The van der Waals surface area contributed by atoms with Crippen molar-refractivity contribution in [3.05, 3.63) is 34.3 Å². The zero-order valence-electron chi connectivity index (χ0n) is 11.3. The molecule has 0 aliphatic heterocycles. The molecular formula is C12H14BrN5O3. The number of hydrogen-bond acceptors (Lipinski definition) is 4. The highest BCUT2D eigenvalue weighted by Crippen LogP contribution is 2.14. The Morgan fingerprint density at radius 1 is 1.43 bits per heavy atom. The van der Waals surface area contributed by atoms with Crippen LogP contribution < -0.4 is 5.32 Å². The number of aliphatic carboxylic acids is 1. The van der Waals surface area contributed by atoms with E-state index in [2.05, 4.69) is 31.6 Å². The molecule has 0 spiro atoms. The van der Waals surface area contributed by atoms with Gasteiger partial charge in [-0.3, -0.25) is 9.59 Å². The highest BCUT2D eigenvalue weighted by atomic mass is 79.9. The van der Waals surface area contributed by atoms with Gasteiger partial charge >= 0.3 is 5.97 Å². The number of halogens is 1. The van der Waals surface area contributed by atoms with E-state index in [-0.39, 0.29) is 19.0 Å². The number of carboxylic acid groups (broad SMARTS) is 1. The Kier molecular flexibility index (Phi) is 4.73. The summed E-state index contributed by atoms with van der Waals surface area (Å²) in [5.74, 6) is -1.23. The molecular weight excluding hydrogens is 342 g/mol. The van der Waals surface area contributed by atoms with Crippen molar-refractivity contribution in [3.8, 4) is 0 Å². The predicted molar refractivity (Wildman–Crippen MR) is 76.6 cm³/mol. The zero-order chi connectivity index (χ0) is 15.4. The number of carboxylic acids is 1. The van der Waals surface area contributed by atoms with Crippen molar-refractivity contribution in [2.45, 2.75) is 26.6 Å². The van der Waals surface area contributed by atoms with Gasteiger partial charge in [-0.15, -0.1) is 5.10 Å². The van der Waals surface area contributed by atoms with Crippen LogP contribution in [0.2, 0.25) is 0 Å². The molecule has 0 atom stereocenters. The molecule has 0 aromatic carbocycles. The van der Waals surface area contributed by atoms with Crippen LogP contribution in [0.1, 0.15) is 23.1 Å². The molecule has 112 valence electrons. The van der Waals surface area contributed by atoms with E-state index in [9.17, 15) is 9.59 Å². The molecule has 2 rings (SSSR count). The molecule has 2 N–H and O–H groups in total. The molecule has 8 nitrogen and oxygen atoms in total. The highest BCUT2D eigenvalue weighted by molar-refractivity contribution is 9.10. The van der Waals surface area contributed by atoms with E-state index < -0.39 is 5.97 Å². The third kappa shape index (κ3) is 3.91. The van der Waals surface area contributed by atoms with E-state index in [0.29, 0.717) is 17.9 Å². The number of aromatic nitrogens is 4. The van der Waals surface area contributed by atoms with Gasteiger partial charge in [-0.2, -0.15) is 0 Å². The molecule has 0 saturated heterocycles. The second kappa shape index (κ2) is 6.53. The second-order valence-corrected chi connectivity index (χ2v) is 5.23. The molecule has 0 fully saturated rings. The molecule has 0 aliphatic carbocycles. The minimum absolute atomic E-state index is 0.185. The first kappa shape index (κ1) is 15.2. The fourth-order valence-corrected chi connectivity index (χ4v) is 2.29. The van der Waals surface area contributed by atoms with Gasteiger partial charge in [0.05, 0.1) is 12.7 Å². The van der Waals surface area contributed by atoms with Crippen LogP contribution in [-0.4, -0.2) is 36.5 Å². The Balaban J connectivity index is 1.97. The Bertz CT molecular complexity index is 664. The molecule has 2 aromatic rings. The van der Waals surface area contributed by atoms with Crippen LogP contribution in [0, 0.1) is 0 Å². The number of carbonyl (C=O) groups is 2. The van der Waals surface area contributed by atoms with Gasteiger partial charge in [0.2, 0.25) is 0 Å². The van der Waals surface area contributed by atoms with Crippen molar-refractivity contribution in [1.82, 2.24) is 24.9 Å². The molecule has 0 radical (unpaired) electrons. The lowest BCUT2D eigenvalue weighted by molar-refractivity contribution is -0.137. The number of rotatable bonds is 6. The van der Waals surface area contributed by atoms with E-state index in [0.717, 1.165) is 4.47 Å². The van der Waals surface area contributed by atoms with E-state index in [4.69, 9.17) is 5.11 Å². The van der Waals surface area contributed by atoms with Crippen molar-refractivity contribution in [2.24, 2.45) is 0 Å². The van der Waals surface area contributed by atoms with E-state index >= 15 is 0 Å². The average Bonchev–Trinajstić information content (AvgIpc) is 3.01. The van der Waals surface area contributed by atoms with E-state index in [1.165, 1.54) is 10.9 Å². The Morgan fingerprint density at radius 2 is 2.19 bits per heavy atom. The molecule has 9 heteroatoms. The monoisotopic (exact) mass is 355 g/mol. The molecule has 0 saturated carbocycles. The number of carbonyl (C=O) groups excluding carboxylic acids is 1. The van der Waals surface area contributed by atoms with Gasteiger partial charge < -0.3 is 15.0 Å². The summed E-state index contributed by atoms with van der Waals surface area (Å²) in [5, 5.41) is 18.8. The molecule has 21 heavy (non-hydrogen) atoms. The van der Waals surface area contributed by atoms with Crippen LogP contribution in [0.4, 0.5) is 0 Å². The molecule has 0 bridgehead atoms. The van der Waals surface area contributed by atoms with Gasteiger partial charge in [0, 0.05) is 17.2 Å². The first-order chi connectivity index (χ1) is 9.99. The predicted octanol–water partition coefficient (Wildman–Crippen LogP) is 0.877. The van der Waals surface area contributed by atoms with Crippen LogP contribution >= 0.6 is 15.9 Å². The number of nitrogens with zero attached hydrogens (tertiary/aromatic N) is 4. The van der Waals surface area contributed by atoms with Crippen LogP contribution in [0.5, 0.6) is 0 Å². The zero-order valence-corrected chi connectivity index (χ0v) is 12.9. The second-order valence-electron chi connectivity index (χ2n) is 4.31. The van der Waals surface area contributed by atoms with Crippen molar-refractivity contribution >= 4 is 27.8 Å². The molecule has 2 aromatic heterocycles. The molecule has 0 unspecified atom stereocenters. The van der Waals surface area contributed by atoms with Gasteiger partial charge in [0.15, 0.2) is 0 Å². The van der Waals surface area contributed by atoms with Crippen molar-refractivity contribution in [2.75, 3.05) is 0 Å². The molecule has 1 amide bonds. The van der Waals surface area contributed by atoms with Crippen molar-refractivity contribution < 1.29 is 14.7 Å². The number of amides is 1. The van der Waals surface area contributed by atoms with Crippen LogP contribution in [0.25, 0.3) is 0 Å². The minimum Gasteiger partial charge on any atom is -0.480 e. The lowest BCUT2D eigenvalue weighted by Gasteiger charge is -2.06. The lowest BCUT2D eigenvalue weighted by atomic mass is 10.3. The fraction of sp³-hybridized carbons (Fsp3) is 0.333. The largest absolute Gasteiger partial charge is 0.480 e. The number of hydrogen-bond donors (Lipinski definition) is 2. The Labute approximate surface area is 128 Å². The standard InChI is InChI=1S/C12H14BrN5O3/c1-2-17-5-8(13)3-10(17)12(21)14-4-9-6-18(16-15-9)7-11(19)20/h3,5-6H,2,4,7H2,1H3,(H,14,21)(H,19,20). The summed E-state index contributed by atoms with van der Waals surface area (Å²) in [6.07, 6.45) is 3.32. The van der Waals surface area contributed by atoms with Crippen LogP contribution in [-0.2, 0) is 24.4 Å². The third-order valence-corrected chi connectivity index (χ3v) is 3.18. The van der Waals surface area contributed by atoms with Crippen LogP contribution in [0.3, 0.4) is 0 Å². The number of aryl methyl sites for hydroxylation is 1. The third-order valence-electron chi connectivity index (χ3n) is 2.75. The van der Waals surface area contributed by atoms with Crippen molar-refractivity contribution in [1.29, 1.82) is 0 Å². The van der Waals surface area contributed by atoms with Gasteiger partial charge in [0.1, 0.15) is 17.9 Å². The fourth-order valence-electron chi connectivity index (χ4n) is 1.82. The molecule has 2 heterocycles. The summed E-state index contributed by atoms with van der Waals surface area (Å²) in [5.41, 5.74) is 1.04. The summed E-state index contributed by atoms with van der Waals surface area (Å²) < 4.78 is 3.86. The van der Waals surface area contributed by atoms with E-state index in [1.54, 1.807) is 6.07 Å². The summed E-state index contributed by atoms with van der Waals surface area (Å²) in [4.78, 5) is 22.6. The van der Waals surface area contributed by atoms with Crippen LogP contribution in [0.15, 0.2) is 22.9 Å².